The van der Waals surface area contributed by atoms with Crippen molar-refractivity contribution in [2.45, 2.75) is 25.6 Å². The Morgan fingerprint density at radius 1 is 1.24 bits per heavy atom. The van der Waals surface area contributed by atoms with E-state index < -0.39 is 6.36 Å². The molecule has 0 bridgehead atoms. The van der Waals surface area contributed by atoms with Gasteiger partial charge in [-0.3, -0.25) is 4.79 Å². The Morgan fingerprint density at radius 3 is 2.68 bits per heavy atom. The van der Waals surface area contributed by atoms with Crippen LogP contribution in [0.1, 0.15) is 23.5 Å². The summed E-state index contributed by atoms with van der Waals surface area (Å²) in [5.74, 6) is -1.17. The molecule has 0 radical (unpaired) electrons. The first kappa shape index (κ1) is 17.1. The minimum Gasteiger partial charge on any atom is -0.405 e. The molecule has 7 heteroatoms. The molecule has 132 valence electrons. The highest BCUT2D eigenvalue weighted by molar-refractivity contribution is 5.96. The predicted octanol–water partition coefficient (Wildman–Crippen LogP) is 4.22. The van der Waals surface area contributed by atoms with Crippen LogP contribution in [0, 0.1) is 12.8 Å². The van der Waals surface area contributed by atoms with Crippen LogP contribution >= 0.6 is 0 Å². The van der Waals surface area contributed by atoms with Crippen LogP contribution in [0.25, 0.3) is 0 Å². The summed E-state index contributed by atoms with van der Waals surface area (Å²) in [6.45, 7) is 1.84. The van der Waals surface area contributed by atoms with Crippen LogP contribution in [-0.4, -0.2) is 12.3 Å². The Morgan fingerprint density at radius 2 is 1.96 bits per heavy atom. The van der Waals surface area contributed by atoms with Gasteiger partial charge in [-0.2, -0.15) is 0 Å². The first-order chi connectivity index (χ1) is 11.7. The summed E-state index contributed by atoms with van der Waals surface area (Å²) in [6, 6.07) is 11.1. The molecule has 0 heterocycles. The molecule has 1 fully saturated rings. The number of halogens is 3. The molecular formula is C18H17F3N2O2. The number of benzene rings is 2. The molecule has 2 atom stereocenters. The summed E-state index contributed by atoms with van der Waals surface area (Å²) in [7, 11) is 0. The van der Waals surface area contributed by atoms with Crippen LogP contribution in [-0.2, 0) is 4.79 Å². The summed E-state index contributed by atoms with van der Waals surface area (Å²) in [4.78, 5) is 12.4. The lowest BCUT2D eigenvalue weighted by Crippen LogP contribution is -2.18. The average Bonchev–Trinajstić information content (AvgIpc) is 3.30. The maximum atomic E-state index is 12.5. The number of nitrogens with two attached hydrogens (primary N) is 1. The normalized spacial score (nSPS) is 19.4. The van der Waals surface area contributed by atoms with Crippen LogP contribution in [0.5, 0.6) is 5.75 Å². The van der Waals surface area contributed by atoms with E-state index in [1.54, 1.807) is 30.3 Å². The topological polar surface area (TPSA) is 64.3 Å². The van der Waals surface area contributed by atoms with Gasteiger partial charge in [0.25, 0.3) is 0 Å². The van der Waals surface area contributed by atoms with Gasteiger partial charge in [-0.1, -0.05) is 24.3 Å². The van der Waals surface area contributed by atoms with Crippen LogP contribution in [0.3, 0.4) is 0 Å². The number of amides is 1. The Kier molecular flexibility index (Phi) is 4.32. The third-order valence-electron chi connectivity index (χ3n) is 4.19. The molecule has 3 rings (SSSR count). The second kappa shape index (κ2) is 6.31. The molecule has 2 unspecified atom stereocenters. The highest BCUT2D eigenvalue weighted by Crippen LogP contribution is 2.51. The van der Waals surface area contributed by atoms with E-state index >= 15 is 0 Å². The van der Waals surface area contributed by atoms with E-state index in [1.807, 2.05) is 6.92 Å². The van der Waals surface area contributed by atoms with Gasteiger partial charge < -0.3 is 15.8 Å². The van der Waals surface area contributed by atoms with E-state index in [0.29, 0.717) is 23.4 Å². The van der Waals surface area contributed by atoms with Gasteiger partial charge in [-0.05, 0) is 48.6 Å². The number of ether oxygens (including phenoxy) is 1. The largest absolute Gasteiger partial charge is 0.573 e. The SMILES string of the molecule is Cc1ccc(N)cc1NC(=O)C1CC1c1ccccc1OC(F)(F)F. The first-order valence-electron chi connectivity index (χ1n) is 7.76. The van der Waals surface area contributed by atoms with Crippen molar-refractivity contribution in [1.29, 1.82) is 0 Å². The molecule has 25 heavy (non-hydrogen) atoms. The smallest absolute Gasteiger partial charge is 0.405 e. The number of hydrogen-bond acceptors (Lipinski definition) is 3. The summed E-state index contributed by atoms with van der Waals surface area (Å²) in [5.41, 5.74) is 8.10. The fraction of sp³-hybridized carbons (Fsp3) is 0.278. The van der Waals surface area contributed by atoms with Gasteiger partial charge >= 0.3 is 6.36 Å². The lowest BCUT2D eigenvalue weighted by Gasteiger charge is -2.13. The third kappa shape index (κ3) is 4.04. The molecule has 0 saturated heterocycles. The van der Waals surface area contributed by atoms with Gasteiger partial charge in [0.15, 0.2) is 0 Å². The minimum atomic E-state index is -4.76. The van der Waals surface area contributed by atoms with Crippen LogP contribution in [0.2, 0.25) is 0 Å². The number of rotatable bonds is 4. The summed E-state index contributed by atoms with van der Waals surface area (Å²) >= 11 is 0. The van der Waals surface area contributed by atoms with E-state index in [-0.39, 0.29) is 23.5 Å². The quantitative estimate of drug-likeness (QED) is 0.812. The number of carbonyl (C=O) groups excluding carboxylic acids is 1. The minimum absolute atomic E-state index is 0.236. The highest BCUT2D eigenvalue weighted by atomic mass is 19.4. The number of aryl methyl sites for hydroxylation is 1. The van der Waals surface area contributed by atoms with Crippen molar-refractivity contribution in [3.05, 3.63) is 53.6 Å². The van der Waals surface area contributed by atoms with E-state index in [2.05, 4.69) is 10.1 Å². The maximum Gasteiger partial charge on any atom is 0.573 e. The molecule has 0 aromatic heterocycles. The van der Waals surface area contributed by atoms with Gasteiger partial charge in [-0.15, -0.1) is 13.2 Å². The fourth-order valence-corrected chi connectivity index (χ4v) is 2.83. The van der Waals surface area contributed by atoms with Crippen LogP contribution in [0.4, 0.5) is 24.5 Å². The Hall–Kier alpha value is -2.70. The Labute approximate surface area is 142 Å². The zero-order valence-electron chi connectivity index (χ0n) is 13.4. The lowest BCUT2D eigenvalue weighted by molar-refractivity contribution is -0.274. The fourth-order valence-electron chi connectivity index (χ4n) is 2.83. The number of hydrogen-bond donors (Lipinski definition) is 2. The van der Waals surface area contributed by atoms with Gasteiger partial charge in [0.2, 0.25) is 5.91 Å². The van der Waals surface area contributed by atoms with Crippen molar-refractivity contribution < 1.29 is 22.7 Å². The predicted molar refractivity (Wildman–Crippen MR) is 88.2 cm³/mol. The van der Waals surface area contributed by atoms with Gasteiger partial charge in [0.1, 0.15) is 5.75 Å². The molecule has 0 spiro atoms. The second-order valence-corrected chi connectivity index (χ2v) is 6.10. The molecule has 1 amide bonds. The molecule has 1 saturated carbocycles. The van der Waals surface area contributed by atoms with Crippen molar-refractivity contribution in [2.24, 2.45) is 5.92 Å². The van der Waals surface area contributed by atoms with Crippen molar-refractivity contribution in [2.75, 3.05) is 11.1 Å². The highest BCUT2D eigenvalue weighted by Gasteiger charge is 2.46. The van der Waals surface area contributed by atoms with Crippen molar-refractivity contribution in [3.8, 4) is 5.75 Å². The molecule has 1 aliphatic rings. The zero-order valence-corrected chi connectivity index (χ0v) is 13.4. The number of anilines is 2. The molecule has 2 aromatic rings. The molecular weight excluding hydrogens is 333 g/mol. The number of para-hydroxylation sites is 1. The number of carbonyl (C=O) groups is 1. The van der Waals surface area contributed by atoms with E-state index in [0.717, 1.165) is 5.56 Å². The lowest BCUT2D eigenvalue weighted by atomic mass is 10.1. The third-order valence-corrected chi connectivity index (χ3v) is 4.19. The van der Waals surface area contributed by atoms with Crippen molar-refractivity contribution in [3.63, 3.8) is 0 Å². The molecule has 4 nitrogen and oxygen atoms in total. The van der Waals surface area contributed by atoms with Gasteiger partial charge in [0, 0.05) is 17.3 Å². The van der Waals surface area contributed by atoms with Gasteiger partial charge in [-0.25, -0.2) is 0 Å². The number of nitrogens with one attached hydrogen (secondary N) is 1. The maximum absolute atomic E-state index is 12.5. The Balaban J connectivity index is 1.72. The van der Waals surface area contributed by atoms with E-state index in [9.17, 15) is 18.0 Å². The second-order valence-electron chi connectivity index (χ2n) is 6.10. The summed E-state index contributed by atoms with van der Waals surface area (Å²) in [5, 5.41) is 2.80. The van der Waals surface area contributed by atoms with Crippen LogP contribution < -0.4 is 15.8 Å². The van der Waals surface area contributed by atoms with Crippen LogP contribution in [0.15, 0.2) is 42.5 Å². The monoisotopic (exact) mass is 350 g/mol. The number of nitrogen functional groups attached to an aromatic ring is 1. The Bertz CT molecular complexity index is 805. The zero-order chi connectivity index (χ0) is 18.2. The number of alkyl halides is 3. The standard InChI is InChI=1S/C18H17F3N2O2/c1-10-6-7-11(22)8-15(10)23-17(24)14-9-13(14)12-4-2-3-5-16(12)25-18(19,20)21/h2-8,13-14H,9,22H2,1H3,(H,23,24). The van der Waals surface area contributed by atoms with E-state index in [1.165, 1.54) is 12.1 Å². The summed E-state index contributed by atoms with van der Waals surface area (Å²) < 4.78 is 41.6. The van der Waals surface area contributed by atoms with E-state index in [4.69, 9.17) is 5.73 Å². The molecule has 1 aliphatic carbocycles. The van der Waals surface area contributed by atoms with Gasteiger partial charge in [0.05, 0.1) is 0 Å². The molecule has 3 N–H and O–H groups in total. The molecule has 0 aliphatic heterocycles. The first-order valence-corrected chi connectivity index (χ1v) is 7.76. The molecule has 2 aromatic carbocycles. The summed E-state index contributed by atoms with van der Waals surface area (Å²) in [6.07, 6.45) is -4.28. The van der Waals surface area contributed by atoms with Crippen molar-refractivity contribution >= 4 is 17.3 Å². The van der Waals surface area contributed by atoms with Crippen molar-refractivity contribution in [1.82, 2.24) is 0 Å². The average molecular weight is 350 g/mol.